The topological polar surface area (TPSA) is 18.5 Å². The molecule has 0 N–H and O–H groups in total. The Labute approximate surface area is 217 Å². The van der Waals surface area contributed by atoms with Crippen LogP contribution in [0.2, 0.25) is 0 Å². The highest BCUT2D eigenvalue weighted by Gasteiger charge is 2.51. The summed E-state index contributed by atoms with van der Waals surface area (Å²) in [5.41, 5.74) is 8.61. The van der Waals surface area contributed by atoms with Crippen LogP contribution in [0, 0.1) is 0 Å². The summed E-state index contributed by atoms with van der Waals surface area (Å²) in [7, 11) is -0.314. The summed E-state index contributed by atoms with van der Waals surface area (Å²) in [6.45, 7) is 8.44. The molecule has 2 heterocycles. The lowest BCUT2D eigenvalue weighted by Crippen LogP contribution is -2.41. The number of benzene rings is 4. The zero-order valence-electron chi connectivity index (χ0n) is 21.2. The van der Waals surface area contributed by atoms with Gasteiger partial charge in [0, 0.05) is 20.2 Å². The van der Waals surface area contributed by atoms with E-state index in [1.165, 1.54) is 53.6 Å². The first-order valence-electron chi connectivity index (χ1n) is 12.8. The van der Waals surface area contributed by atoms with E-state index < -0.39 is 0 Å². The molecule has 0 saturated carbocycles. The maximum atomic E-state index is 6.31. The van der Waals surface area contributed by atoms with Crippen LogP contribution in [0.5, 0.6) is 0 Å². The highest BCUT2D eigenvalue weighted by atomic mass is 32.1. The number of aryl methyl sites for hydroxylation is 2. The Morgan fingerprint density at radius 3 is 2.11 bits per heavy atom. The Morgan fingerprint density at radius 2 is 1.33 bits per heavy atom. The summed E-state index contributed by atoms with van der Waals surface area (Å²) in [6.07, 6.45) is 2.08. The van der Waals surface area contributed by atoms with Crippen molar-refractivity contribution >= 4 is 44.1 Å². The molecule has 1 aromatic heterocycles. The maximum Gasteiger partial charge on any atom is 0.494 e. The van der Waals surface area contributed by atoms with Gasteiger partial charge in [-0.05, 0) is 85.4 Å². The Hall–Kier alpha value is -2.92. The summed E-state index contributed by atoms with van der Waals surface area (Å²) in [5.74, 6) is 0. The van der Waals surface area contributed by atoms with Gasteiger partial charge in [0.05, 0.1) is 11.2 Å². The summed E-state index contributed by atoms with van der Waals surface area (Å²) >= 11 is 1.90. The van der Waals surface area contributed by atoms with Crippen molar-refractivity contribution in [3.63, 3.8) is 0 Å². The zero-order valence-corrected chi connectivity index (χ0v) is 22.0. The summed E-state index contributed by atoms with van der Waals surface area (Å²) in [4.78, 5) is 0. The van der Waals surface area contributed by atoms with Gasteiger partial charge in [0.15, 0.2) is 0 Å². The molecule has 0 unspecified atom stereocenters. The second kappa shape index (κ2) is 7.79. The predicted molar refractivity (Wildman–Crippen MR) is 153 cm³/mol. The van der Waals surface area contributed by atoms with Crippen molar-refractivity contribution in [1.29, 1.82) is 0 Å². The lowest BCUT2D eigenvalue weighted by molar-refractivity contribution is 0.00578. The van der Waals surface area contributed by atoms with Crippen molar-refractivity contribution < 1.29 is 9.31 Å². The molecule has 2 nitrogen and oxygen atoms in total. The monoisotopic (exact) mass is 488 g/mol. The zero-order chi connectivity index (χ0) is 24.7. The third-order valence-corrected chi connectivity index (χ3v) is 9.65. The fourth-order valence-corrected chi connectivity index (χ4v) is 6.92. The van der Waals surface area contributed by atoms with Gasteiger partial charge < -0.3 is 9.31 Å². The van der Waals surface area contributed by atoms with Crippen molar-refractivity contribution in [2.24, 2.45) is 0 Å². The molecular formula is C32H29BO2S. The van der Waals surface area contributed by atoms with Crippen LogP contribution in [0.25, 0.3) is 42.4 Å². The van der Waals surface area contributed by atoms with E-state index in [1.54, 1.807) is 0 Å². The molecule has 2 aliphatic rings. The van der Waals surface area contributed by atoms with Crippen LogP contribution < -0.4 is 5.46 Å². The molecule has 1 aliphatic carbocycles. The number of rotatable bonds is 2. The van der Waals surface area contributed by atoms with Gasteiger partial charge in [-0.2, -0.15) is 0 Å². The lowest BCUT2D eigenvalue weighted by Gasteiger charge is -2.32. The fourth-order valence-electron chi connectivity index (χ4n) is 5.68. The molecule has 4 heteroatoms. The first kappa shape index (κ1) is 22.3. The Balaban J connectivity index is 1.26. The maximum absolute atomic E-state index is 6.31. The number of hydrogen-bond donors (Lipinski definition) is 0. The van der Waals surface area contributed by atoms with Crippen molar-refractivity contribution in [1.82, 2.24) is 0 Å². The SMILES string of the molecule is CC1(C)OB(c2ccc3c(c2)CCc2cc(-c4cccc5c4sc4ccccc45)ccc2-3)OC1(C)C. The molecule has 0 bridgehead atoms. The quantitative estimate of drug-likeness (QED) is 0.236. The Bertz CT molecular complexity index is 1650. The minimum absolute atomic E-state index is 0.314. The van der Waals surface area contributed by atoms with E-state index in [4.69, 9.17) is 9.31 Å². The van der Waals surface area contributed by atoms with Gasteiger partial charge in [-0.1, -0.05) is 72.8 Å². The fraction of sp³-hybridized carbons (Fsp3) is 0.250. The highest BCUT2D eigenvalue weighted by Crippen LogP contribution is 2.42. The largest absolute Gasteiger partial charge is 0.494 e. The van der Waals surface area contributed by atoms with Crippen molar-refractivity contribution in [3.8, 4) is 22.3 Å². The molecule has 1 aliphatic heterocycles. The average Bonchev–Trinajstić information content (AvgIpc) is 3.36. The minimum atomic E-state index is -0.326. The van der Waals surface area contributed by atoms with E-state index >= 15 is 0 Å². The van der Waals surface area contributed by atoms with Crippen molar-refractivity contribution in [2.45, 2.75) is 51.7 Å². The smallest absolute Gasteiger partial charge is 0.399 e. The normalized spacial score (nSPS) is 17.9. The van der Waals surface area contributed by atoms with E-state index in [-0.39, 0.29) is 18.3 Å². The van der Waals surface area contributed by atoms with E-state index in [2.05, 4.69) is 107 Å². The van der Waals surface area contributed by atoms with Crippen LogP contribution in [0.15, 0.2) is 78.9 Å². The van der Waals surface area contributed by atoms with Gasteiger partial charge in [-0.3, -0.25) is 0 Å². The Kier molecular flexibility index (Phi) is 4.82. The summed E-state index contributed by atoms with van der Waals surface area (Å²) < 4.78 is 15.4. The molecule has 5 aromatic rings. The lowest BCUT2D eigenvalue weighted by atomic mass is 9.75. The molecule has 0 spiro atoms. The number of fused-ring (bicyclic) bond motifs is 6. The number of hydrogen-bond acceptors (Lipinski definition) is 3. The molecule has 0 amide bonds. The van der Waals surface area contributed by atoms with Gasteiger partial charge in [-0.15, -0.1) is 11.3 Å². The molecule has 4 aromatic carbocycles. The Morgan fingerprint density at radius 1 is 0.667 bits per heavy atom. The molecular weight excluding hydrogens is 459 g/mol. The summed E-state index contributed by atoms with van der Waals surface area (Å²) in [5, 5.41) is 2.70. The van der Waals surface area contributed by atoms with Crippen LogP contribution in [0.1, 0.15) is 38.8 Å². The van der Waals surface area contributed by atoms with Crippen LogP contribution in [-0.4, -0.2) is 18.3 Å². The van der Waals surface area contributed by atoms with Gasteiger partial charge >= 0.3 is 7.12 Å². The molecule has 7 rings (SSSR count). The molecule has 1 fully saturated rings. The minimum Gasteiger partial charge on any atom is -0.399 e. The third kappa shape index (κ3) is 3.32. The van der Waals surface area contributed by atoms with Crippen LogP contribution in [-0.2, 0) is 22.2 Å². The van der Waals surface area contributed by atoms with E-state index in [1.807, 2.05) is 11.3 Å². The predicted octanol–water partition coefficient (Wildman–Crippen LogP) is 7.79. The molecule has 1 saturated heterocycles. The first-order valence-corrected chi connectivity index (χ1v) is 13.6. The molecule has 0 atom stereocenters. The first-order chi connectivity index (χ1) is 17.3. The van der Waals surface area contributed by atoms with E-state index in [9.17, 15) is 0 Å². The van der Waals surface area contributed by atoms with Gasteiger partial charge in [0.25, 0.3) is 0 Å². The van der Waals surface area contributed by atoms with Crippen LogP contribution in [0.3, 0.4) is 0 Å². The van der Waals surface area contributed by atoms with E-state index in [0.29, 0.717) is 0 Å². The van der Waals surface area contributed by atoms with Crippen molar-refractivity contribution in [3.05, 3.63) is 90.0 Å². The standard InChI is InChI=1S/C32H29BO2S/c1-31(2)32(3,4)35-33(34-31)23-15-17-25-22(19-23)13-12-20-18-21(14-16-24(20)25)26-9-7-10-28-27-8-5-6-11-29(27)36-30(26)28/h5-11,14-19H,12-13H2,1-4H3. The molecule has 178 valence electrons. The van der Waals surface area contributed by atoms with Crippen LogP contribution >= 0.6 is 11.3 Å². The summed E-state index contributed by atoms with van der Waals surface area (Å²) in [6, 6.07) is 29.2. The highest BCUT2D eigenvalue weighted by molar-refractivity contribution is 7.26. The van der Waals surface area contributed by atoms with Crippen molar-refractivity contribution in [2.75, 3.05) is 0 Å². The average molecular weight is 488 g/mol. The van der Waals surface area contributed by atoms with Gasteiger partial charge in [0.1, 0.15) is 0 Å². The third-order valence-electron chi connectivity index (χ3n) is 8.43. The second-order valence-electron chi connectivity index (χ2n) is 11.2. The molecule has 0 radical (unpaired) electrons. The van der Waals surface area contributed by atoms with E-state index in [0.717, 1.165) is 18.3 Å². The van der Waals surface area contributed by atoms with Gasteiger partial charge in [-0.25, -0.2) is 0 Å². The van der Waals surface area contributed by atoms with Crippen LogP contribution in [0.4, 0.5) is 0 Å². The van der Waals surface area contributed by atoms with Gasteiger partial charge in [0.2, 0.25) is 0 Å². The second-order valence-corrected chi connectivity index (χ2v) is 12.2. The number of thiophene rings is 1. The molecule has 36 heavy (non-hydrogen) atoms.